The number of ether oxygens (including phenoxy) is 1. The molecule has 1 N–H and O–H groups in total. The number of aliphatic hydroxyl groups is 1. The molecule has 0 bridgehead atoms. The number of likely N-dealkylation sites (tertiary alicyclic amines) is 1. The fourth-order valence-electron chi connectivity index (χ4n) is 5.01. The van der Waals surface area contributed by atoms with Crippen LogP contribution in [-0.4, -0.2) is 75.8 Å². The van der Waals surface area contributed by atoms with E-state index in [-0.39, 0.29) is 11.3 Å². The summed E-state index contributed by atoms with van der Waals surface area (Å²) >= 11 is 0. The minimum Gasteiger partial charge on any atom is -0.507 e. The number of morpholine rings is 1. The molecule has 2 saturated heterocycles. The van der Waals surface area contributed by atoms with E-state index in [1.54, 1.807) is 23.7 Å². The number of hydrogen-bond acceptors (Lipinski definition) is 6. The van der Waals surface area contributed by atoms with Gasteiger partial charge in [-0.1, -0.05) is 30.3 Å². The molecule has 0 radical (unpaired) electrons. The molecule has 8 nitrogen and oxygen atoms in total. The van der Waals surface area contributed by atoms with Crippen LogP contribution in [0.3, 0.4) is 0 Å². The Hall–Kier alpha value is -3.82. The van der Waals surface area contributed by atoms with Gasteiger partial charge in [0.1, 0.15) is 11.6 Å². The van der Waals surface area contributed by atoms with E-state index in [9.17, 15) is 19.1 Å². The van der Waals surface area contributed by atoms with Crippen molar-refractivity contribution in [3.63, 3.8) is 0 Å². The first-order valence-corrected chi connectivity index (χ1v) is 12.4. The largest absolute Gasteiger partial charge is 0.507 e. The Morgan fingerprint density at radius 1 is 1.05 bits per heavy atom. The molecule has 5 rings (SSSR count). The molecule has 0 saturated carbocycles. The number of benzene rings is 2. The lowest BCUT2D eigenvalue weighted by atomic mass is 9.95. The summed E-state index contributed by atoms with van der Waals surface area (Å²) in [5.41, 5.74) is 2.33. The molecule has 2 aliphatic rings. The van der Waals surface area contributed by atoms with Crippen LogP contribution >= 0.6 is 0 Å². The second-order valence-corrected chi connectivity index (χ2v) is 9.24. The smallest absolute Gasteiger partial charge is 0.295 e. The van der Waals surface area contributed by atoms with Crippen LogP contribution < -0.4 is 0 Å². The highest BCUT2D eigenvalue weighted by atomic mass is 19.1. The topological polar surface area (TPSA) is 87.9 Å². The summed E-state index contributed by atoms with van der Waals surface area (Å²) < 4.78 is 20.8. The highest BCUT2D eigenvalue weighted by Crippen LogP contribution is 2.40. The minimum absolute atomic E-state index is 0.0151. The summed E-state index contributed by atoms with van der Waals surface area (Å²) in [6.07, 6.45) is 2.14. The van der Waals surface area contributed by atoms with Crippen LogP contribution in [0.1, 0.15) is 29.3 Å². The lowest BCUT2D eigenvalue weighted by molar-refractivity contribution is -0.140. The first-order valence-electron chi connectivity index (χ1n) is 12.4. The Bertz CT molecular complexity index is 1310. The second kappa shape index (κ2) is 10.7. The third kappa shape index (κ3) is 4.92. The predicted molar refractivity (Wildman–Crippen MR) is 136 cm³/mol. The number of carbonyl (C=O) groups is 2. The van der Waals surface area contributed by atoms with Crippen LogP contribution in [0, 0.1) is 12.7 Å². The second-order valence-electron chi connectivity index (χ2n) is 9.24. The number of carbonyl (C=O) groups excluding carboxylic acids is 2. The molecule has 2 aliphatic heterocycles. The van der Waals surface area contributed by atoms with Gasteiger partial charge in [-0.05, 0) is 43.2 Å². The Morgan fingerprint density at radius 3 is 2.46 bits per heavy atom. The van der Waals surface area contributed by atoms with Gasteiger partial charge in [-0.3, -0.25) is 14.5 Å². The number of amides is 1. The molecule has 0 aliphatic carbocycles. The number of para-hydroxylation sites is 1. The van der Waals surface area contributed by atoms with Crippen LogP contribution in [0.25, 0.3) is 11.4 Å². The number of Topliss-reactive ketones (excluding diaryl/α,β-unsaturated/α-hetero) is 1. The first kappa shape index (κ1) is 24.9. The molecule has 9 heteroatoms. The quantitative estimate of drug-likeness (QED) is 0.301. The van der Waals surface area contributed by atoms with Crippen LogP contribution in [-0.2, 0) is 14.3 Å². The van der Waals surface area contributed by atoms with Crippen LogP contribution in [0.2, 0.25) is 0 Å². The summed E-state index contributed by atoms with van der Waals surface area (Å²) in [5, 5.41) is 15.8. The Labute approximate surface area is 214 Å². The summed E-state index contributed by atoms with van der Waals surface area (Å²) in [6.45, 7) is 5.87. The lowest BCUT2D eigenvalue weighted by Crippen LogP contribution is -2.38. The number of ketones is 1. The molecule has 37 heavy (non-hydrogen) atoms. The van der Waals surface area contributed by atoms with E-state index in [0.29, 0.717) is 43.0 Å². The highest BCUT2D eigenvalue weighted by molar-refractivity contribution is 6.46. The highest BCUT2D eigenvalue weighted by Gasteiger charge is 2.46. The van der Waals surface area contributed by atoms with Gasteiger partial charge in [0, 0.05) is 26.2 Å². The van der Waals surface area contributed by atoms with Crippen LogP contribution in [0.15, 0.2) is 66.4 Å². The van der Waals surface area contributed by atoms with E-state index in [2.05, 4.69) is 10.00 Å². The standard InChI is InChI=1S/C28H29FN4O4/c1-19-23(18-30-33(19)22-6-3-2-4-7-22)26(34)24-25(20-8-10-21(29)11-9-20)32(28(36)27(24)35)13-5-12-31-14-16-37-17-15-31/h2-4,6-11,18,25,34H,5,12-17H2,1H3/t25-/m0/s1. The van der Waals surface area contributed by atoms with E-state index < -0.39 is 23.5 Å². The average molecular weight is 505 g/mol. The van der Waals surface area contributed by atoms with Crippen molar-refractivity contribution in [3.8, 4) is 5.69 Å². The third-order valence-electron chi connectivity index (χ3n) is 6.97. The van der Waals surface area contributed by atoms with Gasteiger partial charge in [-0.15, -0.1) is 0 Å². The number of nitrogens with zero attached hydrogens (tertiary/aromatic N) is 4. The Balaban J connectivity index is 1.50. The number of rotatable bonds is 7. The van der Waals surface area contributed by atoms with Gasteiger partial charge in [-0.2, -0.15) is 5.10 Å². The van der Waals surface area contributed by atoms with Gasteiger partial charge in [-0.25, -0.2) is 9.07 Å². The predicted octanol–water partition coefficient (Wildman–Crippen LogP) is 3.46. The van der Waals surface area contributed by atoms with E-state index in [4.69, 9.17) is 4.74 Å². The van der Waals surface area contributed by atoms with Gasteiger partial charge in [0.2, 0.25) is 0 Å². The zero-order chi connectivity index (χ0) is 25.9. The molecule has 3 aromatic rings. The van der Waals surface area contributed by atoms with E-state index >= 15 is 0 Å². The monoisotopic (exact) mass is 504 g/mol. The van der Waals surface area contributed by atoms with Crippen molar-refractivity contribution in [1.29, 1.82) is 0 Å². The van der Waals surface area contributed by atoms with E-state index in [1.807, 2.05) is 30.3 Å². The van der Waals surface area contributed by atoms with Crippen molar-refractivity contribution < 1.29 is 23.8 Å². The SMILES string of the molecule is Cc1c(C(O)=C2C(=O)C(=O)N(CCCN3CCOCC3)[C@H]2c2ccc(F)cc2)cnn1-c1ccccc1. The molecule has 1 amide bonds. The minimum atomic E-state index is -0.829. The van der Waals surface area contributed by atoms with Crippen molar-refractivity contribution in [2.75, 3.05) is 39.4 Å². The Kier molecular flexibility index (Phi) is 7.16. The fourth-order valence-corrected chi connectivity index (χ4v) is 5.01. The number of aliphatic hydroxyl groups excluding tert-OH is 1. The van der Waals surface area contributed by atoms with E-state index in [1.165, 1.54) is 23.2 Å². The molecule has 1 atom stereocenters. The van der Waals surface area contributed by atoms with Crippen molar-refractivity contribution in [2.24, 2.45) is 0 Å². The van der Waals surface area contributed by atoms with Crippen molar-refractivity contribution in [2.45, 2.75) is 19.4 Å². The first-order chi connectivity index (χ1) is 18.0. The van der Waals surface area contributed by atoms with Gasteiger partial charge >= 0.3 is 0 Å². The number of halogens is 1. The molecule has 2 aromatic carbocycles. The van der Waals surface area contributed by atoms with Crippen molar-refractivity contribution in [1.82, 2.24) is 19.6 Å². The average Bonchev–Trinajstić information content (AvgIpc) is 3.42. The summed E-state index contributed by atoms with van der Waals surface area (Å²) in [6, 6.07) is 14.3. The zero-order valence-electron chi connectivity index (χ0n) is 20.6. The Morgan fingerprint density at radius 2 is 1.76 bits per heavy atom. The van der Waals surface area contributed by atoms with Gasteiger partial charge in [0.25, 0.3) is 11.7 Å². The summed E-state index contributed by atoms with van der Waals surface area (Å²) in [7, 11) is 0. The molecule has 1 aromatic heterocycles. The maximum absolute atomic E-state index is 13.7. The van der Waals surface area contributed by atoms with Crippen molar-refractivity contribution >= 4 is 17.4 Å². The fraction of sp³-hybridized carbons (Fsp3) is 0.321. The molecular formula is C28H29FN4O4. The maximum atomic E-state index is 13.7. The zero-order valence-corrected chi connectivity index (χ0v) is 20.6. The van der Waals surface area contributed by atoms with Crippen LogP contribution in [0.4, 0.5) is 4.39 Å². The van der Waals surface area contributed by atoms with Crippen LogP contribution in [0.5, 0.6) is 0 Å². The molecular weight excluding hydrogens is 475 g/mol. The summed E-state index contributed by atoms with van der Waals surface area (Å²) in [5.74, 6) is -2.15. The molecule has 0 spiro atoms. The number of hydrogen-bond donors (Lipinski definition) is 1. The normalized spacial score (nSPS) is 20.1. The molecule has 192 valence electrons. The van der Waals surface area contributed by atoms with Gasteiger partial charge < -0.3 is 14.7 Å². The molecule has 3 heterocycles. The van der Waals surface area contributed by atoms with Crippen molar-refractivity contribution in [3.05, 3.63) is 89.0 Å². The molecule has 2 fully saturated rings. The number of aromatic nitrogens is 2. The third-order valence-corrected chi connectivity index (χ3v) is 6.97. The van der Waals surface area contributed by atoms with Gasteiger partial charge in [0.05, 0.1) is 48.0 Å². The summed E-state index contributed by atoms with van der Waals surface area (Å²) in [4.78, 5) is 30.2. The molecule has 0 unspecified atom stereocenters. The van der Waals surface area contributed by atoms with Gasteiger partial charge in [0.15, 0.2) is 0 Å². The lowest BCUT2D eigenvalue weighted by Gasteiger charge is -2.29. The maximum Gasteiger partial charge on any atom is 0.295 e. The van der Waals surface area contributed by atoms with E-state index in [0.717, 1.165) is 25.3 Å².